The van der Waals surface area contributed by atoms with E-state index >= 15 is 0 Å². The number of aryl methyl sites for hydroxylation is 1. The third kappa shape index (κ3) is 1.65. The molecule has 0 amide bonds. The highest BCUT2D eigenvalue weighted by Gasteiger charge is 2.33. The molecule has 1 unspecified atom stereocenters. The predicted molar refractivity (Wildman–Crippen MR) is 49.6 cm³/mol. The molecule has 1 atom stereocenters. The Bertz CT molecular complexity index is 303. The highest BCUT2D eigenvalue weighted by Crippen LogP contribution is 2.30. The topological polar surface area (TPSA) is 60.2 Å². The van der Waals surface area contributed by atoms with Gasteiger partial charge in [-0.25, -0.2) is 4.68 Å². The molecule has 1 aromatic rings. The number of hydrogen-bond donors (Lipinski definition) is 1. The van der Waals surface area contributed by atoms with Gasteiger partial charge in [0.2, 0.25) is 0 Å². The minimum absolute atomic E-state index is 0.599. The highest BCUT2D eigenvalue weighted by molar-refractivity contribution is 5.08. The fraction of sp³-hybridized carbons (Fsp3) is 0.778. The summed E-state index contributed by atoms with van der Waals surface area (Å²) in [6, 6.07) is 0. The summed E-state index contributed by atoms with van der Waals surface area (Å²) in [6.07, 6.45) is 3.84. The van der Waals surface area contributed by atoms with Gasteiger partial charge >= 0.3 is 0 Å². The first-order valence-electron chi connectivity index (χ1n) is 4.88. The van der Waals surface area contributed by atoms with Crippen LogP contribution in [0, 0.1) is 0 Å². The normalized spacial score (nSPS) is 28.7. The molecule has 1 aromatic heterocycles. The summed E-state index contributed by atoms with van der Waals surface area (Å²) in [4.78, 5) is 0. The van der Waals surface area contributed by atoms with Crippen LogP contribution in [0.25, 0.3) is 0 Å². The van der Waals surface area contributed by atoms with Crippen LogP contribution in [-0.2, 0) is 17.4 Å². The lowest BCUT2D eigenvalue weighted by atomic mass is 9.91. The van der Waals surface area contributed by atoms with Crippen LogP contribution in [-0.4, -0.2) is 33.3 Å². The Morgan fingerprint density at radius 2 is 2.36 bits per heavy atom. The molecule has 78 valence electrons. The van der Waals surface area contributed by atoms with Gasteiger partial charge in [-0.05, 0) is 12.8 Å². The Hall–Kier alpha value is -0.940. The predicted octanol–water partition coefficient (Wildman–Crippen LogP) is 0.203. The molecule has 0 saturated carbocycles. The zero-order valence-corrected chi connectivity index (χ0v) is 8.31. The van der Waals surface area contributed by atoms with Crippen molar-refractivity contribution in [2.75, 3.05) is 13.2 Å². The second kappa shape index (κ2) is 3.67. The van der Waals surface area contributed by atoms with Crippen molar-refractivity contribution in [2.45, 2.75) is 24.9 Å². The van der Waals surface area contributed by atoms with Gasteiger partial charge in [-0.15, -0.1) is 5.10 Å². The van der Waals surface area contributed by atoms with E-state index in [1.807, 2.05) is 0 Å². The van der Waals surface area contributed by atoms with E-state index in [0.717, 1.165) is 18.7 Å². The van der Waals surface area contributed by atoms with Gasteiger partial charge in [-0.1, -0.05) is 5.21 Å². The standard InChI is InChI=1S/C9H15N3O2/c1-12-8(7-10-11-12)9(13)3-2-5-14-6-4-9/h7,13H,2-6H2,1H3. The maximum Gasteiger partial charge on any atom is 0.110 e. The first kappa shape index (κ1) is 9.61. The Balaban J connectivity index is 2.25. The molecule has 1 aliphatic heterocycles. The Labute approximate surface area is 82.7 Å². The van der Waals surface area contributed by atoms with E-state index < -0.39 is 5.60 Å². The summed E-state index contributed by atoms with van der Waals surface area (Å²) in [7, 11) is 1.80. The lowest BCUT2D eigenvalue weighted by Crippen LogP contribution is -2.28. The van der Waals surface area contributed by atoms with Crippen molar-refractivity contribution in [3.63, 3.8) is 0 Å². The van der Waals surface area contributed by atoms with Crippen LogP contribution in [0.5, 0.6) is 0 Å². The molecular formula is C9H15N3O2. The summed E-state index contributed by atoms with van der Waals surface area (Å²) >= 11 is 0. The number of ether oxygens (including phenoxy) is 1. The van der Waals surface area contributed by atoms with Gasteiger partial charge in [0, 0.05) is 26.7 Å². The van der Waals surface area contributed by atoms with Crippen molar-refractivity contribution in [3.8, 4) is 0 Å². The molecule has 0 aliphatic carbocycles. The molecule has 1 aliphatic rings. The van der Waals surface area contributed by atoms with Crippen molar-refractivity contribution in [1.29, 1.82) is 0 Å². The van der Waals surface area contributed by atoms with Crippen molar-refractivity contribution in [3.05, 3.63) is 11.9 Å². The molecule has 1 saturated heterocycles. The van der Waals surface area contributed by atoms with Crippen LogP contribution in [0.15, 0.2) is 6.20 Å². The van der Waals surface area contributed by atoms with Gasteiger partial charge in [-0.2, -0.15) is 0 Å². The molecule has 0 aromatic carbocycles. The van der Waals surface area contributed by atoms with Gasteiger partial charge in [0.25, 0.3) is 0 Å². The van der Waals surface area contributed by atoms with E-state index in [0.29, 0.717) is 19.4 Å². The van der Waals surface area contributed by atoms with Crippen molar-refractivity contribution in [1.82, 2.24) is 15.0 Å². The van der Waals surface area contributed by atoms with Crippen LogP contribution in [0.4, 0.5) is 0 Å². The van der Waals surface area contributed by atoms with Crippen LogP contribution in [0.1, 0.15) is 25.0 Å². The molecule has 0 radical (unpaired) electrons. The summed E-state index contributed by atoms with van der Waals surface area (Å²) < 4.78 is 6.95. The Kier molecular flexibility index (Phi) is 2.52. The fourth-order valence-corrected chi connectivity index (χ4v) is 1.90. The third-order valence-electron chi connectivity index (χ3n) is 2.73. The summed E-state index contributed by atoms with van der Waals surface area (Å²) in [5.41, 5.74) is -0.0302. The number of rotatable bonds is 1. The molecule has 0 bridgehead atoms. The van der Waals surface area contributed by atoms with E-state index in [4.69, 9.17) is 4.74 Å². The zero-order valence-electron chi connectivity index (χ0n) is 8.31. The quantitative estimate of drug-likeness (QED) is 0.698. The van der Waals surface area contributed by atoms with Crippen molar-refractivity contribution >= 4 is 0 Å². The second-order valence-electron chi connectivity index (χ2n) is 3.74. The summed E-state index contributed by atoms with van der Waals surface area (Å²) in [5, 5.41) is 18.0. The minimum Gasteiger partial charge on any atom is -0.383 e. The van der Waals surface area contributed by atoms with Gasteiger partial charge in [0.15, 0.2) is 0 Å². The average molecular weight is 197 g/mol. The zero-order chi connectivity index (χ0) is 10.0. The minimum atomic E-state index is -0.811. The number of nitrogens with zero attached hydrogens (tertiary/aromatic N) is 3. The number of aliphatic hydroxyl groups is 1. The molecule has 5 heteroatoms. The van der Waals surface area contributed by atoms with E-state index in [9.17, 15) is 5.11 Å². The van der Waals surface area contributed by atoms with Gasteiger partial charge in [0.05, 0.1) is 11.9 Å². The van der Waals surface area contributed by atoms with E-state index in [1.165, 1.54) is 0 Å². The Morgan fingerprint density at radius 1 is 1.50 bits per heavy atom. The lowest BCUT2D eigenvalue weighted by Gasteiger charge is -2.25. The maximum absolute atomic E-state index is 10.4. The lowest BCUT2D eigenvalue weighted by molar-refractivity contribution is 0.00707. The van der Waals surface area contributed by atoms with Gasteiger partial charge < -0.3 is 9.84 Å². The van der Waals surface area contributed by atoms with Crippen LogP contribution < -0.4 is 0 Å². The average Bonchev–Trinajstić information content (AvgIpc) is 2.46. The van der Waals surface area contributed by atoms with Crippen LogP contribution >= 0.6 is 0 Å². The van der Waals surface area contributed by atoms with E-state index in [1.54, 1.807) is 17.9 Å². The van der Waals surface area contributed by atoms with Gasteiger partial charge in [-0.3, -0.25) is 0 Å². The second-order valence-corrected chi connectivity index (χ2v) is 3.74. The van der Waals surface area contributed by atoms with E-state index in [2.05, 4.69) is 10.3 Å². The number of hydrogen-bond acceptors (Lipinski definition) is 4. The monoisotopic (exact) mass is 197 g/mol. The summed E-state index contributed by atoms with van der Waals surface area (Å²) in [6.45, 7) is 1.33. The van der Waals surface area contributed by atoms with Crippen LogP contribution in [0.3, 0.4) is 0 Å². The first-order valence-corrected chi connectivity index (χ1v) is 4.88. The molecule has 5 nitrogen and oxygen atoms in total. The molecule has 1 fully saturated rings. The summed E-state index contributed by atoms with van der Waals surface area (Å²) in [5.74, 6) is 0. The molecule has 1 N–H and O–H groups in total. The van der Waals surface area contributed by atoms with Gasteiger partial charge in [0.1, 0.15) is 5.60 Å². The largest absolute Gasteiger partial charge is 0.383 e. The third-order valence-corrected chi connectivity index (χ3v) is 2.73. The molecule has 2 heterocycles. The van der Waals surface area contributed by atoms with Crippen LogP contribution in [0.2, 0.25) is 0 Å². The fourth-order valence-electron chi connectivity index (χ4n) is 1.90. The molecule has 2 rings (SSSR count). The maximum atomic E-state index is 10.4. The molecular weight excluding hydrogens is 182 g/mol. The van der Waals surface area contributed by atoms with E-state index in [-0.39, 0.29) is 0 Å². The van der Waals surface area contributed by atoms with Crippen molar-refractivity contribution in [2.24, 2.45) is 7.05 Å². The van der Waals surface area contributed by atoms with Crippen molar-refractivity contribution < 1.29 is 9.84 Å². The highest BCUT2D eigenvalue weighted by atomic mass is 16.5. The Morgan fingerprint density at radius 3 is 3.07 bits per heavy atom. The number of aromatic nitrogens is 3. The smallest absolute Gasteiger partial charge is 0.110 e. The SMILES string of the molecule is Cn1nncc1C1(O)CCCOCC1. The first-order chi connectivity index (χ1) is 6.72. The molecule has 0 spiro atoms. The molecule has 14 heavy (non-hydrogen) atoms.